The first-order valence-electron chi connectivity index (χ1n) is 9.91. The van der Waals surface area contributed by atoms with E-state index in [4.69, 9.17) is 0 Å². The van der Waals surface area contributed by atoms with Crippen LogP contribution in [0.3, 0.4) is 0 Å². The van der Waals surface area contributed by atoms with E-state index in [0.717, 1.165) is 16.7 Å². The average molecular weight is 441 g/mol. The van der Waals surface area contributed by atoms with Gasteiger partial charge in [-0.1, -0.05) is 60.2 Å². The molecule has 162 valence electrons. The van der Waals surface area contributed by atoms with Gasteiger partial charge in [0.05, 0.1) is 17.5 Å². The fraction of sp³-hybridized carbons (Fsp3) is 0.208. The highest BCUT2D eigenvalue weighted by Crippen LogP contribution is 2.19. The van der Waals surface area contributed by atoms with Crippen LogP contribution in [0, 0.1) is 12.7 Å². The van der Waals surface area contributed by atoms with Crippen molar-refractivity contribution in [3.63, 3.8) is 0 Å². The third-order valence-corrected chi connectivity index (χ3v) is 6.73. The molecule has 0 radical (unpaired) electrons. The number of nitrogens with zero attached hydrogens (tertiary/aromatic N) is 1. The SMILES string of the molecule is Cc1ccc(CN(CC(=O)NC(C)c2ccc(F)cc2)S(=O)(=O)c2ccccc2)cc1. The minimum Gasteiger partial charge on any atom is -0.348 e. The first-order chi connectivity index (χ1) is 14.8. The summed E-state index contributed by atoms with van der Waals surface area (Å²) in [5, 5.41) is 2.80. The van der Waals surface area contributed by atoms with E-state index >= 15 is 0 Å². The zero-order valence-corrected chi connectivity index (χ0v) is 18.3. The fourth-order valence-corrected chi connectivity index (χ4v) is 4.55. The minimum atomic E-state index is -3.89. The Balaban J connectivity index is 1.81. The van der Waals surface area contributed by atoms with E-state index < -0.39 is 22.0 Å². The molecule has 1 unspecified atom stereocenters. The number of aryl methyl sites for hydroxylation is 1. The van der Waals surface area contributed by atoms with Crippen LogP contribution in [0.1, 0.15) is 29.7 Å². The molecule has 31 heavy (non-hydrogen) atoms. The quantitative estimate of drug-likeness (QED) is 0.571. The average Bonchev–Trinajstić information content (AvgIpc) is 2.75. The Bertz CT molecular complexity index is 1120. The van der Waals surface area contributed by atoms with Crippen LogP contribution in [-0.4, -0.2) is 25.2 Å². The second kappa shape index (κ2) is 9.85. The summed E-state index contributed by atoms with van der Waals surface area (Å²) in [6.07, 6.45) is 0. The highest BCUT2D eigenvalue weighted by Gasteiger charge is 2.27. The van der Waals surface area contributed by atoms with Crippen molar-refractivity contribution in [2.45, 2.75) is 31.3 Å². The van der Waals surface area contributed by atoms with Gasteiger partial charge < -0.3 is 5.32 Å². The Kier molecular flexibility index (Phi) is 7.20. The monoisotopic (exact) mass is 440 g/mol. The molecule has 3 aromatic carbocycles. The lowest BCUT2D eigenvalue weighted by Crippen LogP contribution is -2.41. The number of carbonyl (C=O) groups excluding carboxylic acids is 1. The fourth-order valence-electron chi connectivity index (χ4n) is 3.15. The normalized spacial score (nSPS) is 12.5. The van der Waals surface area contributed by atoms with Crippen LogP contribution in [-0.2, 0) is 21.4 Å². The second-order valence-electron chi connectivity index (χ2n) is 7.41. The van der Waals surface area contributed by atoms with Gasteiger partial charge in [0, 0.05) is 6.54 Å². The standard InChI is InChI=1S/C24H25FN2O3S/c1-18-8-10-20(11-9-18)16-27(31(29,30)23-6-4-3-5-7-23)17-24(28)26-19(2)21-12-14-22(25)15-13-21/h3-15,19H,16-17H2,1-2H3,(H,26,28). The first-order valence-corrected chi connectivity index (χ1v) is 11.4. The van der Waals surface area contributed by atoms with Crippen molar-refractivity contribution in [3.8, 4) is 0 Å². The maximum absolute atomic E-state index is 13.2. The summed E-state index contributed by atoms with van der Waals surface area (Å²) in [6, 6.07) is 21.0. The number of rotatable bonds is 8. The summed E-state index contributed by atoms with van der Waals surface area (Å²) in [5.41, 5.74) is 2.57. The van der Waals surface area contributed by atoms with Gasteiger partial charge in [-0.2, -0.15) is 4.31 Å². The number of hydrogen-bond acceptors (Lipinski definition) is 3. The summed E-state index contributed by atoms with van der Waals surface area (Å²) >= 11 is 0. The Hall–Kier alpha value is -3.03. The molecule has 0 aliphatic carbocycles. The molecule has 0 saturated carbocycles. The molecule has 0 bridgehead atoms. The van der Waals surface area contributed by atoms with Crippen molar-refractivity contribution in [1.29, 1.82) is 0 Å². The molecule has 0 fully saturated rings. The van der Waals surface area contributed by atoms with Crippen LogP contribution in [0.15, 0.2) is 83.8 Å². The Morgan fingerprint density at radius 2 is 1.58 bits per heavy atom. The van der Waals surface area contributed by atoms with E-state index in [1.54, 1.807) is 37.3 Å². The van der Waals surface area contributed by atoms with E-state index in [1.807, 2.05) is 31.2 Å². The molecule has 0 saturated heterocycles. The van der Waals surface area contributed by atoms with Crippen molar-refractivity contribution in [2.75, 3.05) is 6.54 Å². The molecule has 5 nitrogen and oxygen atoms in total. The molecular formula is C24H25FN2O3S. The molecule has 0 aliphatic heterocycles. The molecule has 0 spiro atoms. The zero-order valence-electron chi connectivity index (χ0n) is 17.5. The molecule has 0 heterocycles. The molecule has 3 rings (SSSR count). The van der Waals surface area contributed by atoms with Crippen molar-refractivity contribution in [1.82, 2.24) is 9.62 Å². The van der Waals surface area contributed by atoms with Gasteiger partial charge in [-0.3, -0.25) is 4.79 Å². The minimum absolute atomic E-state index is 0.0653. The Morgan fingerprint density at radius 3 is 2.19 bits per heavy atom. The summed E-state index contributed by atoms with van der Waals surface area (Å²) in [4.78, 5) is 12.9. The van der Waals surface area contributed by atoms with Gasteiger partial charge in [0.15, 0.2) is 0 Å². The van der Waals surface area contributed by atoms with E-state index in [2.05, 4.69) is 5.32 Å². The number of amides is 1. The van der Waals surface area contributed by atoms with Crippen LogP contribution in [0.2, 0.25) is 0 Å². The lowest BCUT2D eigenvalue weighted by atomic mass is 10.1. The van der Waals surface area contributed by atoms with Crippen LogP contribution in [0.25, 0.3) is 0 Å². The highest BCUT2D eigenvalue weighted by atomic mass is 32.2. The lowest BCUT2D eigenvalue weighted by molar-refractivity contribution is -0.122. The summed E-state index contributed by atoms with van der Waals surface area (Å²) in [5.74, 6) is -0.802. The molecule has 1 N–H and O–H groups in total. The Labute approximate surface area is 182 Å². The number of carbonyl (C=O) groups is 1. The topological polar surface area (TPSA) is 66.5 Å². The third-order valence-electron chi connectivity index (χ3n) is 4.93. The van der Waals surface area contributed by atoms with Gasteiger partial charge in [0.1, 0.15) is 5.82 Å². The summed E-state index contributed by atoms with van der Waals surface area (Å²) in [6.45, 7) is 3.44. The molecule has 1 amide bonds. The lowest BCUT2D eigenvalue weighted by Gasteiger charge is -2.23. The predicted octanol–water partition coefficient (Wildman–Crippen LogP) is 4.20. The maximum Gasteiger partial charge on any atom is 0.243 e. The molecular weight excluding hydrogens is 415 g/mol. The van der Waals surface area contributed by atoms with Crippen LogP contribution < -0.4 is 5.32 Å². The van der Waals surface area contributed by atoms with Gasteiger partial charge in [0.2, 0.25) is 15.9 Å². The third kappa shape index (κ3) is 5.99. The van der Waals surface area contributed by atoms with Crippen molar-refractivity contribution >= 4 is 15.9 Å². The van der Waals surface area contributed by atoms with E-state index in [0.29, 0.717) is 0 Å². The predicted molar refractivity (Wildman–Crippen MR) is 118 cm³/mol. The number of hydrogen-bond donors (Lipinski definition) is 1. The van der Waals surface area contributed by atoms with Gasteiger partial charge in [-0.15, -0.1) is 0 Å². The smallest absolute Gasteiger partial charge is 0.243 e. The molecule has 3 aromatic rings. The van der Waals surface area contributed by atoms with E-state index in [-0.39, 0.29) is 23.8 Å². The van der Waals surface area contributed by atoms with Gasteiger partial charge in [-0.25, -0.2) is 12.8 Å². The van der Waals surface area contributed by atoms with Crippen LogP contribution >= 0.6 is 0 Å². The highest BCUT2D eigenvalue weighted by molar-refractivity contribution is 7.89. The van der Waals surface area contributed by atoms with Crippen molar-refractivity contribution in [3.05, 3.63) is 101 Å². The number of halogens is 1. The maximum atomic E-state index is 13.2. The van der Waals surface area contributed by atoms with Crippen LogP contribution in [0.5, 0.6) is 0 Å². The van der Waals surface area contributed by atoms with Gasteiger partial charge in [-0.05, 0) is 49.2 Å². The first kappa shape index (κ1) is 22.7. The van der Waals surface area contributed by atoms with Gasteiger partial charge >= 0.3 is 0 Å². The molecule has 1 atom stereocenters. The van der Waals surface area contributed by atoms with E-state index in [9.17, 15) is 17.6 Å². The number of sulfonamides is 1. The van der Waals surface area contributed by atoms with Crippen molar-refractivity contribution < 1.29 is 17.6 Å². The van der Waals surface area contributed by atoms with E-state index in [1.165, 1.54) is 28.6 Å². The zero-order chi connectivity index (χ0) is 22.4. The summed E-state index contributed by atoms with van der Waals surface area (Å²) < 4.78 is 40.8. The number of benzene rings is 3. The van der Waals surface area contributed by atoms with Crippen molar-refractivity contribution in [2.24, 2.45) is 0 Å². The van der Waals surface area contributed by atoms with Gasteiger partial charge in [0.25, 0.3) is 0 Å². The molecule has 7 heteroatoms. The Morgan fingerprint density at radius 1 is 0.968 bits per heavy atom. The number of nitrogens with one attached hydrogen (secondary N) is 1. The second-order valence-corrected chi connectivity index (χ2v) is 9.35. The largest absolute Gasteiger partial charge is 0.348 e. The van der Waals surface area contributed by atoms with Crippen LogP contribution in [0.4, 0.5) is 4.39 Å². The molecule has 0 aromatic heterocycles. The summed E-state index contributed by atoms with van der Waals surface area (Å²) in [7, 11) is -3.89. The molecule has 0 aliphatic rings.